The van der Waals surface area contributed by atoms with Gasteiger partial charge in [0.25, 0.3) is 0 Å². The summed E-state index contributed by atoms with van der Waals surface area (Å²) < 4.78 is 0. The number of fused-ring (bicyclic) bond motifs is 1. The fourth-order valence-corrected chi connectivity index (χ4v) is 3.36. The molecule has 0 aromatic heterocycles. The van der Waals surface area contributed by atoms with E-state index in [-0.39, 0.29) is 0 Å². The van der Waals surface area contributed by atoms with Crippen molar-refractivity contribution in [3.05, 3.63) is 96.1 Å². The Balaban J connectivity index is 1.91. The van der Waals surface area contributed by atoms with E-state index in [2.05, 4.69) is 98.8 Å². The summed E-state index contributed by atoms with van der Waals surface area (Å²) >= 11 is 0. The summed E-state index contributed by atoms with van der Waals surface area (Å²) in [5.74, 6) is 0. The molecule has 0 heteroatoms. The molecule has 0 saturated heterocycles. The average molecular weight is 308 g/mol. The second-order valence-electron chi connectivity index (χ2n) is 6.43. The molecule has 4 aromatic carbocycles. The second kappa shape index (κ2) is 5.98. The maximum absolute atomic E-state index is 2.29. The number of aryl methyl sites for hydroxylation is 2. The van der Waals surface area contributed by atoms with Crippen molar-refractivity contribution < 1.29 is 0 Å². The molecule has 0 radical (unpaired) electrons. The summed E-state index contributed by atoms with van der Waals surface area (Å²) in [4.78, 5) is 0. The van der Waals surface area contributed by atoms with Gasteiger partial charge in [0.05, 0.1) is 0 Å². The zero-order valence-electron chi connectivity index (χ0n) is 14.1. The van der Waals surface area contributed by atoms with Gasteiger partial charge in [-0.15, -0.1) is 0 Å². The molecule has 0 atom stereocenters. The first-order chi connectivity index (χ1) is 11.7. The molecule has 4 aromatic rings. The van der Waals surface area contributed by atoms with Gasteiger partial charge in [-0.25, -0.2) is 0 Å². The van der Waals surface area contributed by atoms with E-state index < -0.39 is 0 Å². The standard InChI is InChI=1S/C24H20/c1-17-11-13-23-22(14-12-18(2)24(23)15-17)21-10-6-9-20(16-21)19-7-4-3-5-8-19/h3-16H,1-2H3. The van der Waals surface area contributed by atoms with E-state index in [9.17, 15) is 0 Å². The van der Waals surface area contributed by atoms with Gasteiger partial charge in [0.1, 0.15) is 0 Å². The first kappa shape index (κ1) is 14.7. The van der Waals surface area contributed by atoms with Crippen LogP contribution in [0.2, 0.25) is 0 Å². The van der Waals surface area contributed by atoms with Crippen molar-refractivity contribution in [1.82, 2.24) is 0 Å². The van der Waals surface area contributed by atoms with Crippen LogP contribution in [0.15, 0.2) is 84.9 Å². The Labute approximate surface area is 143 Å². The van der Waals surface area contributed by atoms with E-state index in [1.54, 1.807) is 0 Å². The minimum absolute atomic E-state index is 1.26. The topological polar surface area (TPSA) is 0 Å². The molecule has 116 valence electrons. The van der Waals surface area contributed by atoms with Gasteiger partial charge in [-0.05, 0) is 58.5 Å². The van der Waals surface area contributed by atoms with Crippen molar-refractivity contribution in [3.63, 3.8) is 0 Å². The van der Waals surface area contributed by atoms with Crippen LogP contribution < -0.4 is 0 Å². The van der Waals surface area contributed by atoms with E-state index in [4.69, 9.17) is 0 Å². The summed E-state index contributed by atoms with van der Waals surface area (Å²) in [6, 6.07) is 30.6. The molecule has 0 aliphatic rings. The summed E-state index contributed by atoms with van der Waals surface area (Å²) in [5.41, 5.74) is 7.72. The normalized spacial score (nSPS) is 10.9. The maximum Gasteiger partial charge on any atom is -0.0103 e. The fourth-order valence-electron chi connectivity index (χ4n) is 3.36. The Kier molecular flexibility index (Phi) is 3.66. The molecule has 0 amide bonds. The quantitative estimate of drug-likeness (QED) is 0.382. The third-order valence-electron chi connectivity index (χ3n) is 4.67. The van der Waals surface area contributed by atoms with Crippen molar-refractivity contribution >= 4 is 10.8 Å². The van der Waals surface area contributed by atoms with E-state index in [1.807, 2.05) is 0 Å². The highest BCUT2D eigenvalue weighted by Crippen LogP contribution is 2.33. The third kappa shape index (κ3) is 2.61. The first-order valence-electron chi connectivity index (χ1n) is 8.38. The molecule has 0 saturated carbocycles. The molecular formula is C24H20. The fraction of sp³-hybridized carbons (Fsp3) is 0.0833. The summed E-state index contributed by atoms with van der Waals surface area (Å²) in [6.45, 7) is 4.34. The lowest BCUT2D eigenvalue weighted by Crippen LogP contribution is -1.87. The molecule has 24 heavy (non-hydrogen) atoms. The van der Waals surface area contributed by atoms with Crippen molar-refractivity contribution in [3.8, 4) is 22.3 Å². The van der Waals surface area contributed by atoms with Crippen molar-refractivity contribution in [2.24, 2.45) is 0 Å². The lowest BCUT2D eigenvalue weighted by atomic mass is 9.93. The summed E-state index contributed by atoms with van der Waals surface area (Å²) in [6.07, 6.45) is 0. The number of rotatable bonds is 2. The predicted octanol–water partition coefficient (Wildman–Crippen LogP) is 6.79. The smallest absolute Gasteiger partial charge is 0.0103 e. The van der Waals surface area contributed by atoms with Crippen molar-refractivity contribution in [1.29, 1.82) is 0 Å². The van der Waals surface area contributed by atoms with Gasteiger partial charge in [0, 0.05) is 0 Å². The first-order valence-corrected chi connectivity index (χ1v) is 8.38. The van der Waals surface area contributed by atoms with Crippen LogP contribution in [-0.4, -0.2) is 0 Å². The Hall–Kier alpha value is -2.86. The average Bonchev–Trinajstić information content (AvgIpc) is 2.63. The van der Waals surface area contributed by atoms with Gasteiger partial charge >= 0.3 is 0 Å². The molecule has 0 N–H and O–H groups in total. The molecule has 0 aliphatic carbocycles. The minimum Gasteiger partial charge on any atom is -0.0622 e. The maximum atomic E-state index is 2.29. The Bertz CT molecular complexity index is 1010. The van der Waals surface area contributed by atoms with Gasteiger partial charge in [0.15, 0.2) is 0 Å². The van der Waals surface area contributed by atoms with Gasteiger partial charge < -0.3 is 0 Å². The third-order valence-corrected chi connectivity index (χ3v) is 4.67. The number of hydrogen-bond acceptors (Lipinski definition) is 0. The van der Waals surface area contributed by atoms with E-state index in [0.29, 0.717) is 0 Å². The van der Waals surface area contributed by atoms with E-state index in [0.717, 1.165) is 0 Å². The predicted molar refractivity (Wildman–Crippen MR) is 104 cm³/mol. The van der Waals surface area contributed by atoms with Crippen LogP contribution in [0.1, 0.15) is 11.1 Å². The molecule has 0 bridgehead atoms. The zero-order chi connectivity index (χ0) is 16.5. The Morgan fingerprint density at radius 2 is 1.25 bits per heavy atom. The number of hydrogen-bond donors (Lipinski definition) is 0. The lowest BCUT2D eigenvalue weighted by molar-refractivity contribution is 1.47. The molecule has 0 unspecified atom stereocenters. The van der Waals surface area contributed by atoms with Crippen LogP contribution in [0, 0.1) is 13.8 Å². The summed E-state index contributed by atoms with van der Waals surface area (Å²) in [5, 5.41) is 2.67. The molecule has 4 rings (SSSR count). The van der Waals surface area contributed by atoms with Crippen molar-refractivity contribution in [2.45, 2.75) is 13.8 Å². The lowest BCUT2D eigenvalue weighted by Gasteiger charge is -2.12. The van der Waals surface area contributed by atoms with Gasteiger partial charge in [0.2, 0.25) is 0 Å². The van der Waals surface area contributed by atoms with Crippen LogP contribution in [0.4, 0.5) is 0 Å². The van der Waals surface area contributed by atoms with E-state index in [1.165, 1.54) is 44.2 Å². The highest BCUT2D eigenvalue weighted by atomic mass is 14.1. The van der Waals surface area contributed by atoms with Gasteiger partial charge in [-0.1, -0.05) is 84.4 Å². The van der Waals surface area contributed by atoms with Gasteiger partial charge in [-0.3, -0.25) is 0 Å². The van der Waals surface area contributed by atoms with Gasteiger partial charge in [-0.2, -0.15) is 0 Å². The molecule has 0 heterocycles. The summed E-state index contributed by atoms with van der Waals surface area (Å²) in [7, 11) is 0. The van der Waals surface area contributed by atoms with Crippen LogP contribution in [0.3, 0.4) is 0 Å². The second-order valence-corrected chi connectivity index (χ2v) is 6.43. The minimum atomic E-state index is 1.26. The molecular weight excluding hydrogens is 288 g/mol. The molecule has 0 fully saturated rings. The molecule has 0 nitrogen and oxygen atoms in total. The van der Waals surface area contributed by atoms with Crippen LogP contribution >= 0.6 is 0 Å². The van der Waals surface area contributed by atoms with Crippen molar-refractivity contribution in [2.75, 3.05) is 0 Å². The highest BCUT2D eigenvalue weighted by Gasteiger charge is 2.07. The Morgan fingerprint density at radius 3 is 2.08 bits per heavy atom. The Morgan fingerprint density at radius 1 is 0.500 bits per heavy atom. The van der Waals surface area contributed by atoms with Crippen LogP contribution in [-0.2, 0) is 0 Å². The SMILES string of the molecule is Cc1ccc2c(-c3cccc(-c4ccccc4)c3)ccc(C)c2c1. The number of benzene rings is 4. The zero-order valence-corrected chi connectivity index (χ0v) is 14.1. The largest absolute Gasteiger partial charge is 0.0622 e. The monoisotopic (exact) mass is 308 g/mol. The van der Waals surface area contributed by atoms with Crippen LogP contribution in [0.25, 0.3) is 33.0 Å². The molecule has 0 spiro atoms. The van der Waals surface area contributed by atoms with E-state index >= 15 is 0 Å². The molecule has 0 aliphatic heterocycles. The van der Waals surface area contributed by atoms with Crippen LogP contribution in [0.5, 0.6) is 0 Å². The highest BCUT2D eigenvalue weighted by molar-refractivity contribution is 5.99.